The smallest absolute Gasteiger partial charge is 0.225 e. The van der Waals surface area contributed by atoms with Gasteiger partial charge in [-0.05, 0) is 52.2 Å². The normalized spacial score (nSPS) is 15.0. The minimum atomic E-state index is -0.0637. The van der Waals surface area contributed by atoms with Crippen LogP contribution in [0.25, 0.3) is 20.7 Å². The highest BCUT2D eigenvalue weighted by atomic mass is 32.1. The average molecular weight is 367 g/mol. The fourth-order valence-corrected chi connectivity index (χ4v) is 4.43. The minimum absolute atomic E-state index is 0.0637. The maximum absolute atomic E-state index is 4.90. The first-order chi connectivity index (χ1) is 12.4. The van der Waals surface area contributed by atoms with E-state index in [1.165, 1.54) is 33.5 Å². The molecule has 1 N–H and O–H groups in total. The number of aryl methyl sites for hydroxylation is 1. The number of rotatable bonds is 3. The van der Waals surface area contributed by atoms with Crippen molar-refractivity contribution < 1.29 is 0 Å². The van der Waals surface area contributed by atoms with Crippen LogP contribution >= 0.6 is 11.3 Å². The molecule has 0 spiro atoms. The fourth-order valence-electron chi connectivity index (χ4n) is 3.31. The second-order valence-corrected chi connectivity index (χ2v) is 9.18. The van der Waals surface area contributed by atoms with Crippen molar-refractivity contribution in [3.05, 3.63) is 35.9 Å². The first-order valence-corrected chi connectivity index (χ1v) is 10.1. The predicted molar refractivity (Wildman–Crippen MR) is 112 cm³/mol. The number of thiophene rings is 1. The summed E-state index contributed by atoms with van der Waals surface area (Å²) in [6.45, 7) is 10.7. The lowest BCUT2D eigenvalue weighted by Crippen LogP contribution is -2.28. The molecule has 5 heteroatoms. The van der Waals surface area contributed by atoms with Gasteiger partial charge in [-0.1, -0.05) is 29.8 Å². The summed E-state index contributed by atoms with van der Waals surface area (Å²) in [5.41, 5.74) is 3.50. The van der Waals surface area contributed by atoms with Crippen molar-refractivity contribution in [2.75, 3.05) is 23.3 Å². The molecule has 1 aliphatic rings. The van der Waals surface area contributed by atoms with Gasteiger partial charge in [0.1, 0.15) is 0 Å². The third kappa shape index (κ3) is 3.54. The maximum atomic E-state index is 4.90. The van der Waals surface area contributed by atoms with Crippen molar-refractivity contribution in [3.63, 3.8) is 0 Å². The van der Waals surface area contributed by atoms with Crippen LogP contribution in [0.5, 0.6) is 0 Å². The Balaban J connectivity index is 1.83. The molecule has 4 rings (SSSR count). The lowest BCUT2D eigenvalue weighted by atomic mass is 10.1. The van der Waals surface area contributed by atoms with Gasteiger partial charge >= 0.3 is 0 Å². The molecule has 0 saturated carbocycles. The Morgan fingerprint density at radius 3 is 2.38 bits per heavy atom. The molecule has 2 aromatic heterocycles. The molecule has 1 aromatic carbocycles. The molecule has 0 bridgehead atoms. The molecule has 136 valence electrons. The summed E-state index contributed by atoms with van der Waals surface area (Å²) in [7, 11) is 0. The van der Waals surface area contributed by atoms with Gasteiger partial charge in [0.2, 0.25) is 5.95 Å². The molecular weight excluding hydrogens is 340 g/mol. The number of fused-ring (bicyclic) bond motifs is 1. The van der Waals surface area contributed by atoms with E-state index in [1.54, 1.807) is 11.3 Å². The summed E-state index contributed by atoms with van der Waals surface area (Å²) in [6, 6.07) is 10.9. The number of nitrogens with one attached hydrogen (secondary N) is 1. The van der Waals surface area contributed by atoms with Gasteiger partial charge in [0.05, 0.1) is 10.2 Å². The van der Waals surface area contributed by atoms with Crippen LogP contribution in [0.15, 0.2) is 30.3 Å². The monoisotopic (exact) mass is 366 g/mol. The predicted octanol–water partition coefficient (Wildman–Crippen LogP) is 5.48. The quantitative estimate of drug-likeness (QED) is 0.666. The molecule has 1 fully saturated rings. The van der Waals surface area contributed by atoms with Gasteiger partial charge in [0.25, 0.3) is 0 Å². The Kier molecular flexibility index (Phi) is 4.35. The molecule has 26 heavy (non-hydrogen) atoms. The number of aromatic nitrogens is 2. The molecule has 0 radical (unpaired) electrons. The Labute approximate surface area is 159 Å². The van der Waals surface area contributed by atoms with Crippen molar-refractivity contribution in [1.82, 2.24) is 9.97 Å². The van der Waals surface area contributed by atoms with Gasteiger partial charge in [-0.25, -0.2) is 4.98 Å². The number of hydrogen-bond acceptors (Lipinski definition) is 5. The van der Waals surface area contributed by atoms with E-state index in [-0.39, 0.29) is 5.54 Å². The average Bonchev–Trinajstić information content (AvgIpc) is 3.22. The van der Waals surface area contributed by atoms with Crippen LogP contribution in [-0.4, -0.2) is 28.6 Å². The third-order valence-electron chi connectivity index (χ3n) is 4.58. The zero-order valence-electron chi connectivity index (χ0n) is 16.0. The van der Waals surface area contributed by atoms with Crippen LogP contribution in [0, 0.1) is 6.92 Å². The van der Waals surface area contributed by atoms with Crippen molar-refractivity contribution in [1.29, 1.82) is 0 Å². The van der Waals surface area contributed by atoms with Gasteiger partial charge in [0, 0.05) is 23.5 Å². The summed E-state index contributed by atoms with van der Waals surface area (Å²) < 4.78 is 1.20. The first-order valence-electron chi connectivity index (χ1n) is 9.31. The number of hydrogen-bond donors (Lipinski definition) is 1. The molecule has 3 heterocycles. The minimum Gasteiger partial charge on any atom is -0.355 e. The molecular formula is C21H26N4S. The standard InChI is InChI=1S/C21H26N4S/c1-14-7-9-15(10-8-14)17-13-16-18(26-17)19(25-11-5-6-12-25)23-20(22-16)24-21(2,3)4/h7-10,13H,5-6,11-12H2,1-4H3,(H,22,23,24). The second-order valence-electron chi connectivity index (χ2n) is 8.13. The lowest BCUT2D eigenvalue weighted by molar-refractivity contribution is 0.626. The van der Waals surface area contributed by atoms with E-state index in [0.29, 0.717) is 0 Å². The summed E-state index contributed by atoms with van der Waals surface area (Å²) in [5, 5.41) is 3.45. The molecule has 0 unspecified atom stereocenters. The van der Waals surface area contributed by atoms with Crippen LogP contribution in [0.3, 0.4) is 0 Å². The van der Waals surface area contributed by atoms with E-state index in [0.717, 1.165) is 30.4 Å². The molecule has 1 saturated heterocycles. The van der Waals surface area contributed by atoms with Crippen LogP contribution < -0.4 is 10.2 Å². The summed E-state index contributed by atoms with van der Waals surface area (Å²) in [5.74, 6) is 1.81. The van der Waals surface area contributed by atoms with Gasteiger partial charge in [-0.3, -0.25) is 0 Å². The highest BCUT2D eigenvalue weighted by Crippen LogP contribution is 2.39. The largest absolute Gasteiger partial charge is 0.355 e. The van der Waals surface area contributed by atoms with Gasteiger partial charge in [-0.15, -0.1) is 11.3 Å². The topological polar surface area (TPSA) is 41.1 Å². The van der Waals surface area contributed by atoms with Gasteiger partial charge in [0.15, 0.2) is 5.82 Å². The molecule has 0 aliphatic carbocycles. The number of benzene rings is 1. The summed E-state index contributed by atoms with van der Waals surface area (Å²) in [4.78, 5) is 13.4. The van der Waals surface area contributed by atoms with Crippen molar-refractivity contribution in [3.8, 4) is 10.4 Å². The van der Waals surface area contributed by atoms with Crippen LogP contribution in [0.2, 0.25) is 0 Å². The Morgan fingerprint density at radius 2 is 1.73 bits per heavy atom. The van der Waals surface area contributed by atoms with E-state index < -0.39 is 0 Å². The molecule has 0 amide bonds. The van der Waals surface area contributed by atoms with Crippen LogP contribution in [0.4, 0.5) is 11.8 Å². The van der Waals surface area contributed by atoms with E-state index >= 15 is 0 Å². The second kappa shape index (κ2) is 6.54. The summed E-state index contributed by atoms with van der Waals surface area (Å²) in [6.07, 6.45) is 2.48. The van der Waals surface area contributed by atoms with Gasteiger partial charge < -0.3 is 10.2 Å². The SMILES string of the molecule is Cc1ccc(-c2cc3nc(NC(C)(C)C)nc(N4CCCC4)c3s2)cc1. The third-order valence-corrected chi connectivity index (χ3v) is 5.75. The molecule has 1 aliphatic heterocycles. The zero-order valence-corrected chi connectivity index (χ0v) is 16.8. The van der Waals surface area contributed by atoms with E-state index in [4.69, 9.17) is 9.97 Å². The van der Waals surface area contributed by atoms with E-state index in [2.05, 4.69) is 68.2 Å². The number of nitrogens with zero attached hydrogens (tertiary/aromatic N) is 3. The van der Waals surface area contributed by atoms with Crippen molar-refractivity contribution >= 4 is 33.3 Å². The molecule has 4 nitrogen and oxygen atoms in total. The fraction of sp³-hybridized carbons (Fsp3) is 0.429. The van der Waals surface area contributed by atoms with Gasteiger partial charge in [-0.2, -0.15) is 4.98 Å². The molecule has 3 aromatic rings. The van der Waals surface area contributed by atoms with E-state index in [9.17, 15) is 0 Å². The van der Waals surface area contributed by atoms with Crippen LogP contribution in [-0.2, 0) is 0 Å². The Bertz CT molecular complexity index is 916. The molecule has 0 atom stereocenters. The zero-order chi connectivity index (χ0) is 18.3. The Hall–Kier alpha value is -2.14. The van der Waals surface area contributed by atoms with E-state index in [1.807, 2.05) is 0 Å². The first kappa shape index (κ1) is 17.3. The van der Waals surface area contributed by atoms with Crippen LogP contribution in [0.1, 0.15) is 39.2 Å². The maximum Gasteiger partial charge on any atom is 0.225 e. The van der Waals surface area contributed by atoms with Crippen molar-refractivity contribution in [2.45, 2.75) is 46.1 Å². The van der Waals surface area contributed by atoms with Crippen molar-refractivity contribution in [2.24, 2.45) is 0 Å². The lowest BCUT2D eigenvalue weighted by Gasteiger charge is -2.23. The highest BCUT2D eigenvalue weighted by molar-refractivity contribution is 7.22. The number of anilines is 2. The Morgan fingerprint density at radius 1 is 1.04 bits per heavy atom. The highest BCUT2D eigenvalue weighted by Gasteiger charge is 2.22. The summed E-state index contributed by atoms with van der Waals surface area (Å²) >= 11 is 1.80.